The zero-order valence-corrected chi connectivity index (χ0v) is 12.7. The molecule has 2 N–H and O–H groups in total. The summed E-state index contributed by atoms with van der Waals surface area (Å²) in [6.45, 7) is 3.49. The number of nitrogens with one attached hydrogen (secondary N) is 2. The van der Waals surface area contributed by atoms with E-state index in [9.17, 15) is 18.0 Å². The summed E-state index contributed by atoms with van der Waals surface area (Å²) >= 11 is 0. The Kier molecular flexibility index (Phi) is 5.39. The minimum absolute atomic E-state index is 0.105. The van der Waals surface area contributed by atoms with Gasteiger partial charge in [-0.25, -0.2) is 13.2 Å². The van der Waals surface area contributed by atoms with Gasteiger partial charge in [-0.2, -0.15) is 0 Å². The molecule has 0 saturated heterocycles. The van der Waals surface area contributed by atoms with Gasteiger partial charge in [0.2, 0.25) is 5.91 Å². The largest absolute Gasteiger partial charge is 0.322 e. The molecule has 2 atom stereocenters. The average Bonchev–Trinajstić information content (AvgIpc) is 2.56. The van der Waals surface area contributed by atoms with Gasteiger partial charge in [-0.3, -0.25) is 10.1 Å². The standard InChI is InChI=1S/C17H17F3N2O/c1-10(12-6-4-3-5-7-12)21-11(2)17(23)22-14-9-8-13(18)15(19)16(14)20/h3-11,21H,1-2H3,(H,22,23)/t10-,11-/m0/s1. The third kappa shape index (κ3) is 4.10. The van der Waals surface area contributed by atoms with E-state index in [0.29, 0.717) is 0 Å². The summed E-state index contributed by atoms with van der Waals surface area (Å²) in [4.78, 5) is 12.1. The number of anilines is 1. The van der Waals surface area contributed by atoms with Gasteiger partial charge in [-0.05, 0) is 31.5 Å². The summed E-state index contributed by atoms with van der Waals surface area (Å²) in [5.41, 5.74) is 0.598. The predicted octanol–water partition coefficient (Wildman–Crippen LogP) is 3.78. The van der Waals surface area contributed by atoms with Crippen LogP contribution in [0.1, 0.15) is 25.5 Å². The van der Waals surface area contributed by atoms with E-state index >= 15 is 0 Å². The Morgan fingerprint density at radius 2 is 1.61 bits per heavy atom. The molecule has 0 radical (unpaired) electrons. The van der Waals surface area contributed by atoms with Gasteiger partial charge in [0.15, 0.2) is 17.5 Å². The van der Waals surface area contributed by atoms with Gasteiger partial charge in [0.25, 0.3) is 0 Å². The van der Waals surface area contributed by atoms with E-state index in [0.717, 1.165) is 17.7 Å². The lowest BCUT2D eigenvalue weighted by atomic mass is 10.1. The third-order valence-electron chi connectivity index (χ3n) is 3.49. The molecular weight excluding hydrogens is 305 g/mol. The molecule has 0 heterocycles. The van der Waals surface area contributed by atoms with E-state index in [1.165, 1.54) is 0 Å². The van der Waals surface area contributed by atoms with Gasteiger partial charge < -0.3 is 5.32 Å². The lowest BCUT2D eigenvalue weighted by molar-refractivity contribution is -0.118. The van der Waals surface area contributed by atoms with E-state index in [2.05, 4.69) is 10.6 Å². The molecule has 0 bridgehead atoms. The maximum atomic E-state index is 13.6. The molecule has 3 nitrogen and oxygen atoms in total. The van der Waals surface area contributed by atoms with Crippen LogP contribution in [0.2, 0.25) is 0 Å². The highest BCUT2D eigenvalue weighted by molar-refractivity contribution is 5.94. The van der Waals surface area contributed by atoms with Gasteiger partial charge in [-0.1, -0.05) is 30.3 Å². The molecule has 0 saturated carbocycles. The lowest BCUT2D eigenvalue weighted by Crippen LogP contribution is -2.39. The molecule has 6 heteroatoms. The number of hydrogen-bond acceptors (Lipinski definition) is 2. The second-order valence-electron chi connectivity index (χ2n) is 5.23. The molecule has 122 valence electrons. The normalized spacial score (nSPS) is 13.4. The summed E-state index contributed by atoms with van der Waals surface area (Å²) in [7, 11) is 0. The number of benzene rings is 2. The second-order valence-corrected chi connectivity index (χ2v) is 5.23. The summed E-state index contributed by atoms with van der Waals surface area (Å²) in [5, 5.41) is 5.31. The molecule has 1 amide bonds. The highest BCUT2D eigenvalue weighted by Gasteiger charge is 2.20. The Morgan fingerprint density at radius 1 is 0.957 bits per heavy atom. The first-order valence-corrected chi connectivity index (χ1v) is 7.15. The van der Waals surface area contributed by atoms with Crippen molar-refractivity contribution in [3.05, 3.63) is 65.5 Å². The van der Waals surface area contributed by atoms with E-state index in [4.69, 9.17) is 0 Å². The highest BCUT2D eigenvalue weighted by atomic mass is 19.2. The minimum atomic E-state index is -1.61. The lowest BCUT2D eigenvalue weighted by Gasteiger charge is -2.20. The maximum absolute atomic E-state index is 13.6. The predicted molar refractivity (Wildman–Crippen MR) is 82.4 cm³/mol. The molecule has 0 aliphatic heterocycles. The highest BCUT2D eigenvalue weighted by Crippen LogP contribution is 2.20. The average molecular weight is 322 g/mol. The molecule has 0 aromatic heterocycles. The van der Waals surface area contributed by atoms with Crippen LogP contribution >= 0.6 is 0 Å². The fourth-order valence-electron chi connectivity index (χ4n) is 2.15. The van der Waals surface area contributed by atoms with E-state index in [-0.39, 0.29) is 6.04 Å². The summed E-state index contributed by atoms with van der Waals surface area (Å²) in [6, 6.07) is 10.5. The first-order valence-electron chi connectivity index (χ1n) is 7.15. The van der Waals surface area contributed by atoms with Crippen LogP contribution in [0.4, 0.5) is 18.9 Å². The van der Waals surface area contributed by atoms with Crippen LogP contribution in [-0.2, 0) is 4.79 Å². The van der Waals surface area contributed by atoms with Gasteiger partial charge >= 0.3 is 0 Å². The van der Waals surface area contributed by atoms with Gasteiger partial charge in [0, 0.05) is 6.04 Å². The number of halogens is 3. The Labute approximate surface area is 132 Å². The molecular formula is C17H17F3N2O. The number of carbonyl (C=O) groups excluding carboxylic acids is 1. The molecule has 0 spiro atoms. The minimum Gasteiger partial charge on any atom is -0.322 e. The fraction of sp³-hybridized carbons (Fsp3) is 0.235. The van der Waals surface area contributed by atoms with Crippen molar-refractivity contribution in [3.8, 4) is 0 Å². The van der Waals surface area contributed by atoms with E-state index < -0.39 is 35.1 Å². The maximum Gasteiger partial charge on any atom is 0.241 e. The zero-order valence-electron chi connectivity index (χ0n) is 12.7. The monoisotopic (exact) mass is 322 g/mol. The van der Waals surface area contributed by atoms with Gasteiger partial charge in [-0.15, -0.1) is 0 Å². The number of carbonyl (C=O) groups is 1. The van der Waals surface area contributed by atoms with Crippen molar-refractivity contribution in [3.63, 3.8) is 0 Å². The van der Waals surface area contributed by atoms with Crippen LogP contribution in [0.25, 0.3) is 0 Å². The van der Waals surface area contributed by atoms with Crippen LogP contribution in [-0.4, -0.2) is 11.9 Å². The molecule has 0 unspecified atom stereocenters. The Morgan fingerprint density at radius 3 is 2.26 bits per heavy atom. The van der Waals surface area contributed by atoms with Crippen LogP contribution in [0, 0.1) is 17.5 Å². The van der Waals surface area contributed by atoms with E-state index in [1.54, 1.807) is 6.92 Å². The van der Waals surface area contributed by atoms with Crippen molar-refractivity contribution >= 4 is 11.6 Å². The van der Waals surface area contributed by atoms with Crippen LogP contribution < -0.4 is 10.6 Å². The van der Waals surface area contributed by atoms with Gasteiger partial charge in [0.1, 0.15) is 0 Å². The first-order chi connectivity index (χ1) is 10.9. The SMILES string of the molecule is C[C@H](N[C@@H](C)c1ccccc1)C(=O)Nc1ccc(F)c(F)c1F. The Hall–Kier alpha value is -2.34. The van der Waals surface area contributed by atoms with Crippen LogP contribution in [0.5, 0.6) is 0 Å². The van der Waals surface area contributed by atoms with E-state index in [1.807, 2.05) is 37.3 Å². The van der Waals surface area contributed by atoms with Crippen molar-refractivity contribution in [1.29, 1.82) is 0 Å². The summed E-state index contributed by atoms with van der Waals surface area (Å²) in [6.07, 6.45) is 0. The Balaban J connectivity index is 2.02. The number of hydrogen-bond donors (Lipinski definition) is 2. The van der Waals surface area contributed by atoms with Crippen LogP contribution in [0.15, 0.2) is 42.5 Å². The smallest absolute Gasteiger partial charge is 0.241 e. The topological polar surface area (TPSA) is 41.1 Å². The van der Waals surface area contributed by atoms with Crippen molar-refractivity contribution in [2.45, 2.75) is 25.9 Å². The quantitative estimate of drug-likeness (QED) is 0.823. The molecule has 0 aliphatic rings. The number of amides is 1. The van der Waals surface area contributed by atoms with Crippen molar-refractivity contribution in [2.75, 3.05) is 5.32 Å². The molecule has 0 aliphatic carbocycles. The zero-order chi connectivity index (χ0) is 17.0. The van der Waals surface area contributed by atoms with Crippen molar-refractivity contribution < 1.29 is 18.0 Å². The first kappa shape index (κ1) is 17.0. The number of rotatable bonds is 5. The van der Waals surface area contributed by atoms with Crippen LogP contribution in [0.3, 0.4) is 0 Å². The molecule has 0 fully saturated rings. The molecule has 2 rings (SSSR count). The molecule has 2 aromatic rings. The van der Waals surface area contributed by atoms with Gasteiger partial charge in [0.05, 0.1) is 11.7 Å². The second kappa shape index (κ2) is 7.28. The van der Waals surface area contributed by atoms with Crippen molar-refractivity contribution in [2.24, 2.45) is 0 Å². The Bertz CT molecular complexity index is 692. The molecule has 23 heavy (non-hydrogen) atoms. The third-order valence-corrected chi connectivity index (χ3v) is 3.49. The van der Waals surface area contributed by atoms with Crippen molar-refractivity contribution in [1.82, 2.24) is 5.32 Å². The summed E-state index contributed by atoms with van der Waals surface area (Å²) < 4.78 is 39.6. The fourth-order valence-corrected chi connectivity index (χ4v) is 2.15. The molecule has 2 aromatic carbocycles. The summed E-state index contributed by atoms with van der Waals surface area (Å²) in [5.74, 6) is -4.87.